The molecule has 9 aromatic rings. The van der Waals surface area contributed by atoms with E-state index in [2.05, 4.69) is 210 Å². The van der Waals surface area contributed by atoms with Crippen LogP contribution in [0, 0.1) is 0 Å². The SMILES string of the molecule is C1=CCc2c(c3ccc(N(c4ccccc4)c4ccccc4)cc3c3cc4c5c(ccc4cc23)=Nc2cccc(N(c3ccccc3)c3ccccc3)c2-5)=C1. The van der Waals surface area contributed by atoms with Crippen molar-refractivity contribution in [1.29, 1.82) is 0 Å². The molecule has 2 aliphatic rings. The Kier molecular flexibility index (Phi) is 7.24. The van der Waals surface area contributed by atoms with Gasteiger partial charge in [-0.25, -0.2) is 4.99 Å². The highest BCUT2D eigenvalue weighted by molar-refractivity contribution is 6.18. The van der Waals surface area contributed by atoms with Crippen molar-refractivity contribution in [3.8, 4) is 11.1 Å². The molecule has 0 amide bonds. The molecule has 0 fully saturated rings. The maximum absolute atomic E-state index is 5.27. The molecule has 0 unspecified atom stereocenters. The predicted octanol–water partition coefficient (Wildman–Crippen LogP) is 12.9. The third-order valence-electron chi connectivity index (χ3n) is 11.2. The zero-order chi connectivity index (χ0) is 36.3. The van der Waals surface area contributed by atoms with Gasteiger partial charge in [-0.3, -0.25) is 0 Å². The maximum Gasteiger partial charge on any atom is 0.0737 e. The number of para-hydroxylation sites is 4. The summed E-state index contributed by atoms with van der Waals surface area (Å²) in [5.41, 5.74) is 11.4. The Hall–Kier alpha value is -7.23. The molecule has 0 atom stereocenters. The molecule has 11 rings (SSSR count). The third-order valence-corrected chi connectivity index (χ3v) is 11.2. The van der Waals surface area contributed by atoms with E-state index in [0.29, 0.717) is 0 Å². The van der Waals surface area contributed by atoms with Crippen LogP contribution in [0.4, 0.5) is 39.8 Å². The van der Waals surface area contributed by atoms with E-state index in [1.165, 1.54) is 48.7 Å². The van der Waals surface area contributed by atoms with E-state index in [-0.39, 0.29) is 0 Å². The molecule has 0 saturated carbocycles. The number of nitrogens with zero attached hydrogens (tertiary/aromatic N) is 3. The van der Waals surface area contributed by atoms with Gasteiger partial charge in [-0.2, -0.15) is 0 Å². The van der Waals surface area contributed by atoms with Crippen LogP contribution in [0.3, 0.4) is 0 Å². The molecule has 0 N–H and O–H groups in total. The van der Waals surface area contributed by atoms with Gasteiger partial charge in [-0.1, -0.05) is 109 Å². The first kappa shape index (κ1) is 31.3. The minimum absolute atomic E-state index is 0.905. The van der Waals surface area contributed by atoms with Crippen LogP contribution in [0.5, 0.6) is 0 Å². The topological polar surface area (TPSA) is 18.8 Å². The van der Waals surface area contributed by atoms with Crippen molar-refractivity contribution in [3.05, 3.63) is 210 Å². The highest BCUT2D eigenvalue weighted by Gasteiger charge is 2.26. The fraction of sp³-hybridized carbons (Fsp3) is 0.0192. The second-order valence-electron chi connectivity index (χ2n) is 14.3. The van der Waals surface area contributed by atoms with Crippen LogP contribution >= 0.6 is 0 Å². The minimum atomic E-state index is 0.905. The standard InChI is InChI=1S/C52H35N3/c1-5-16-36(17-6-1)54(37-18-7-2-8-19-37)40-29-30-43-41-24-13-14-25-42(41)45-32-35-28-31-49-51(44(35)34-47(45)46(43)33-40)52-48(53-49)26-15-27-50(52)55(38-20-9-3-10-21-38)39-22-11-4-12-23-39/h1-24,26-34H,25H2. The van der Waals surface area contributed by atoms with Crippen molar-refractivity contribution in [2.75, 3.05) is 9.80 Å². The van der Waals surface area contributed by atoms with Crippen LogP contribution in [-0.2, 0) is 6.42 Å². The largest absolute Gasteiger partial charge is 0.310 e. The number of fused-ring (bicyclic) bond motifs is 11. The molecule has 0 radical (unpaired) electrons. The second-order valence-corrected chi connectivity index (χ2v) is 14.3. The van der Waals surface area contributed by atoms with Gasteiger partial charge in [0.2, 0.25) is 0 Å². The smallest absolute Gasteiger partial charge is 0.0737 e. The molecule has 3 heteroatoms. The van der Waals surface area contributed by atoms with Gasteiger partial charge < -0.3 is 9.80 Å². The van der Waals surface area contributed by atoms with Crippen molar-refractivity contribution in [2.45, 2.75) is 6.42 Å². The van der Waals surface area contributed by atoms with Crippen LogP contribution in [0.1, 0.15) is 5.56 Å². The van der Waals surface area contributed by atoms with E-state index >= 15 is 0 Å². The van der Waals surface area contributed by atoms with E-state index in [1.54, 1.807) is 0 Å². The van der Waals surface area contributed by atoms with Gasteiger partial charge in [-0.15, -0.1) is 0 Å². The van der Waals surface area contributed by atoms with Crippen molar-refractivity contribution in [1.82, 2.24) is 0 Å². The van der Waals surface area contributed by atoms with Gasteiger partial charge in [0.25, 0.3) is 0 Å². The monoisotopic (exact) mass is 701 g/mol. The van der Waals surface area contributed by atoms with Gasteiger partial charge in [0.1, 0.15) is 0 Å². The lowest BCUT2D eigenvalue weighted by molar-refractivity contribution is 1.27. The van der Waals surface area contributed by atoms with Crippen molar-refractivity contribution in [2.24, 2.45) is 4.99 Å². The summed E-state index contributed by atoms with van der Waals surface area (Å²) < 4.78 is 0. The molecule has 1 heterocycles. The molecule has 9 aromatic carbocycles. The summed E-state index contributed by atoms with van der Waals surface area (Å²) >= 11 is 0. The maximum atomic E-state index is 5.27. The van der Waals surface area contributed by atoms with Crippen molar-refractivity contribution in [3.63, 3.8) is 0 Å². The lowest BCUT2D eigenvalue weighted by Gasteiger charge is -2.28. The van der Waals surface area contributed by atoms with E-state index in [9.17, 15) is 0 Å². The Morgan fingerprint density at radius 2 is 1.04 bits per heavy atom. The summed E-state index contributed by atoms with van der Waals surface area (Å²) in [6.45, 7) is 0. The Morgan fingerprint density at radius 3 is 1.69 bits per heavy atom. The zero-order valence-electron chi connectivity index (χ0n) is 30.1. The average molecular weight is 702 g/mol. The molecule has 0 bridgehead atoms. The quantitative estimate of drug-likeness (QED) is 0.127. The summed E-state index contributed by atoms with van der Waals surface area (Å²) in [6.07, 6.45) is 7.69. The minimum Gasteiger partial charge on any atom is -0.310 e. The van der Waals surface area contributed by atoms with E-state index in [0.717, 1.165) is 57.2 Å². The Labute approximate surface area is 319 Å². The fourth-order valence-corrected chi connectivity index (χ4v) is 8.76. The Bertz CT molecular complexity index is 3020. The molecule has 0 saturated heterocycles. The normalized spacial score (nSPS) is 12.5. The van der Waals surface area contributed by atoms with Crippen LogP contribution in [0.25, 0.3) is 49.5 Å². The molecule has 1 aliphatic heterocycles. The number of allylic oxidation sites excluding steroid dienone is 2. The van der Waals surface area contributed by atoms with E-state index < -0.39 is 0 Å². The fourth-order valence-electron chi connectivity index (χ4n) is 8.76. The van der Waals surface area contributed by atoms with Crippen molar-refractivity contribution >= 4 is 78.2 Å². The van der Waals surface area contributed by atoms with Crippen LogP contribution in [-0.4, -0.2) is 0 Å². The molecular weight excluding hydrogens is 667 g/mol. The second kappa shape index (κ2) is 12.7. The zero-order valence-corrected chi connectivity index (χ0v) is 30.1. The molecular formula is C52H35N3. The molecule has 3 nitrogen and oxygen atoms in total. The number of anilines is 6. The van der Waals surface area contributed by atoms with Crippen LogP contribution in [0.2, 0.25) is 0 Å². The predicted molar refractivity (Wildman–Crippen MR) is 232 cm³/mol. The number of rotatable bonds is 6. The van der Waals surface area contributed by atoms with Gasteiger partial charge >= 0.3 is 0 Å². The van der Waals surface area contributed by atoms with Crippen LogP contribution < -0.4 is 20.4 Å². The molecule has 55 heavy (non-hydrogen) atoms. The first-order valence-corrected chi connectivity index (χ1v) is 18.9. The molecule has 0 spiro atoms. The average Bonchev–Trinajstić information content (AvgIpc) is 3.65. The Morgan fingerprint density at radius 1 is 0.418 bits per heavy atom. The van der Waals surface area contributed by atoms with Gasteiger partial charge in [0, 0.05) is 39.6 Å². The number of hydrogen-bond acceptors (Lipinski definition) is 3. The van der Waals surface area contributed by atoms with Crippen molar-refractivity contribution < 1.29 is 0 Å². The lowest BCUT2D eigenvalue weighted by Crippen LogP contribution is -2.15. The Balaban J connectivity index is 1.20. The van der Waals surface area contributed by atoms with Gasteiger partial charge in [-0.05, 0) is 141 Å². The summed E-state index contributed by atoms with van der Waals surface area (Å²) in [6, 6.07) is 65.6. The summed E-state index contributed by atoms with van der Waals surface area (Å²) in [5.74, 6) is 0. The highest BCUT2D eigenvalue weighted by atomic mass is 15.1. The summed E-state index contributed by atoms with van der Waals surface area (Å²) in [4.78, 5) is 9.99. The van der Waals surface area contributed by atoms with Gasteiger partial charge in [0.05, 0.1) is 16.7 Å². The summed E-state index contributed by atoms with van der Waals surface area (Å²) in [7, 11) is 0. The first-order chi connectivity index (χ1) is 27.3. The summed E-state index contributed by atoms with van der Waals surface area (Å²) in [5, 5.41) is 9.83. The van der Waals surface area contributed by atoms with E-state index in [4.69, 9.17) is 4.99 Å². The van der Waals surface area contributed by atoms with Crippen LogP contribution in [0.15, 0.2) is 199 Å². The molecule has 258 valence electrons. The highest BCUT2D eigenvalue weighted by Crippen LogP contribution is 2.48. The molecule has 0 aromatic heterocycles. The third kappa shape index (κ3) is 5.09. The number of benzene rings is 9. The molecule has 1 aliphatic carbocycles. The van der Waals surface area contributed by atoms with E-state index in [1.807, 2.05) is 0 Å². The first-order valence-electron chi connectivity index (χ1n) is 18.9. The lowest BCUT2D eigenvalue weighted by atomic mass is 9.87. The van der Waals surface area contributed by atoms with Gasteiger partial charge in [0.15, 0.2) is 0 Å². The number of hydrogen-bond donors (Lipinski definition) is 0.